The molecule has 0 saturated carbocycles. The van der Waals surface area contributed by atoms with Gasteiger partial charge in [0.25, 0.3) is 0 Å². The van der Waals surface area contributed by atoms with Gasteiger partial charge in [0.05, 0.1) is 5.56 Å². The first-order chi connectivity index (χ1) is 12.1. The summed E-state index contributed by atoms with van der Waals surface area (Å²) in [7, 11) is 0. The first kappa shape index (κ1) is 15.2. The van der Waals surface area contributed by atoms with Crippen molar-refractivity contribution >= 4 is 33.5 Å². The van der Waals surface area contributed by atoms with Crippen LogP contribution in [0.25, 0.3) is 27.5 Å². The number of carboxylic acid groups (broad SMARTS) is 1. The molecule has 0 aliphatic rings. The minimum Gasteiger partial charge on any atom is -0.478 e. The quantitative estimate of drug-likeness (QED) is 0.535. The van der Waals surface area contributed by atoms with Crippen LogP contribution in [0, 0.1) is 0 Å². The molecule has 0 fully saturated rings. The number of benzene rings is 3. The molecule has 0 aliphatic heterocycles. The molecule has 3 aromatic carbocycles. The number of hydrogen-bond donors (Lipinski definition) is 1. The van der Waals surface area contributed by atoms with Gasteiger partial charge in [0.1, 0.15) is 11.2 Å². The maximum absolute atomic E-state index is 12.0. The fourth-order valence-corrected chi connectivity index (χ4v) is 3.26. The maximum Gasteiger partial charge on any atom is 0.336 e. The lowest BCUT2D eigenvalue weighted by molar-refractivity contribution is 0.0698. The van der Waals surface area contributed by atoms with Gasteiger partial charge in [-0.15, -0.1) is 0 Å². The first-order valence-electron chi connectivity index (χ1n) is 8.05. The Hall–Kier alpha value is -3.33. The average molecular weight is 328 g/mol. The average Bonchev–Trinajstić information content (AvgIpc) is 3.00. The molecule has 1 heterocycles. The van der Waals surface area contributed by atoms with E-state index in [4.69, 9.17) is 4.42 Å². The van der Waals surface area contributed by atoms with Crippen molar-refractivity contribution in [3.63, 3.8) is 0 Å². The molecule has 4 aromatic rings. The molecule has 0 amide bonds. The molecule has 3 heteroatoms. The molecule has 0 radical (unpaired) electrons. The number of rotatable bonds is 4. The van der Waals surface area contributed by atoms with Crippen molar-refractivity contribution in [2.75, 3.05) is 0 Å². The Morgan fingerprint density at radius 2 is 1.64 bits per heavy atom. The van der Waals surface area contributed by atoms with Crippen molar-refractivity contribution in [1.29, 1.82) is 0 Å². The normalized spacial score (nSPS) is 11.0. The molecule has 0 bridgehead atoms. The van der Waals surface area contributed by atoms with E-state index in [9.17, 15) is 9.90 Å². The van der Waals surface area contributed by atoms with E-state index in [0.717, 1.165) is 22.1 Å². The van der Waals surface area contributed by atoms with Crippen LogP contribution >= 0.6 is 0 Å². The Morgan fingerprint density at radius 1 is 0.920 bits per heavy atom. The van der Waals surface area contributed by atoms with Crippen LogP contribution in [0.2, 0.25) is 0 Å². The van der Waals surface area contributed by atoms with E-state index in [1.54, 1.807) is 0 Å². The lowest BCUT2D eigenvalue weighted by atomic mass is 9.93. The summed E-state index contributed by atoms with van der Waals surface area (Å²) in [6.45, 7) is 4.13. The second-order valence-corrected chi connectivity index (χ2v) is 6.02. The highest BCUT2D eigenvalue weighted by molar-refractivity contribution is 6.15. The summed E-state index contributed by atoms with van der Waals surface area (Å²) in [5.41, 5.74) is 4.21. The van der Waals surface area contributed by atoms with E-state index < -0.39 is 5.97 Å². The van der Waals surface area contributed by atoms with Gasteiger partial charge in [-0.1, -0.05) is 61.2 Å². The Morgan fingerprint density at radius 3 is 2.40 bits per heavy atom. The molecule has 0 aliphatic carbocycles. The van der Waals surface area contributed by atoms with E-state index in [1.165, 1.54) is 0 Å². The number of hydrogen-bond acceptors (Lipinski definition) is 2. The van der Waals surface area contributed by atoms with Crippen LogP contribution in [0.4, 0.5) is 0 Å². The Labute approximate surface area is 144 Å². The van der Waals surface area contributed by atoms with Crippen LogP contribution < -0.4 is 0 Å². The SMILES string of the molecule is C=C(Cc1ccc2oc3ccccc3c2c1C(=O)O)c1ccccc1. The van der Waals surface area contributed by atoms with Gasteiger partial charge in [-0.2, -0.15) is 0 Å². The van der Waals surface area contributed by atoms with E-state index in [2.05, 4.69) is 6.58 Å². The summed E-state index contributed by atoms with van der Waals surface area (Å²) in [5, 5.41) is 11.3. The molecule has 0 saturated heterocycles. The number of fused-ring (bicyclic) bond motifs is 3. The van der Waals surface area contributed by atoms with Gasteiger partial charge in [-0.05, 0) is 35.3 Å². The van der Waals surface area contributed by atoms with Gasteiger partial charge in [-0.25, -0.2) is 4.79 Å². The van der Waals surface area contributed by atoms with Gasteiger partial charge in [0, 0.05) is 10.8 Å². The van der Waals surface area contributed by atoms with E-state index in [0.29, 0.717) is 28.5 Å². The van der Waals surface area contributed by atoms with Crippen molar-refractivity contribution in [1.82, 2.24) is 0 Å². The van der Waals surface area contributed by atoms with Crippen molar-refractivity contribution in [3.8, 4) is 0 Å². The largest absolute Gasteiger partial charge is 0.478 e. The molecule has 25 heavy (non-hydrogen) atoms. The second kappa shape index (κ2) is 5.95. The monoisotopic (exact) mass is 328 g/mol. The molecule has 0 atom stereocenters. The second-order valence-electron chi connectivity index (χ2n) is 6.02. The summed E-state index contributed by atoms with van der Waals surface area (Å²) >= 11 is 0. The van der Waals surface area contributed by atoms with Crippen LogP contribution in [0.3, 0.4) is 0 Å². The number of para-hydroxylation sites is 1. The fourth-order valence-electron chi connectivity index (χ4n) is 3.26. The van der Waals surface area contributed by atoms with Crippen molar-refractivity contribution in [2.24, 2.45) is 0 Å². The Balaban J connectivity index is 1.89. The smallest absolute Gasteiger partial charge is 0.336 e. The molecule has 1 aromatic heterocycles. The molecule has 1 N–H and O–H groups in total. The van der Waals surface area contributed by atoms with Gasteiger partial charge in [0.15, 0.2) is 0 Å². The lowest BCUT2D eigenvalue weighted by Gasteiger charge is -2.10. The van der Waals surface area contributed by atoms with Gasteiger partial charge in [0.2, 0.25) is 0 Å². The summed E-state index contributed by atoms with van der Waals surface area (Å²) in [4.78, 5) is 12.0. The fraction of sp³-hybridized carbons (Fsp3) is 0.0455. The van der Waals surface area contributed by atoms with Gasteiger partial charge < -0.3 is 9.52 Å². The summed E-state index contributed by atoms with van der Waals surface area (Å²) in [6.07, 6.45) is 0.473. The molecular formula is C22H16O3. The molecule has 122 valence electrons. The zero-order valence-corrected chi connectivity index (χ0v) is 13.5. The highest BCUT2D eigenvalue weighted by Crippen LogP contribution is 2.34. The molecule has 0 spiro atoms. The number of aromatic carboxylic acids is 1. The summed E-state index contributed by atoms with van der Waals surface area (Å²) < 4.78 is 5.80. The summed E-state index contributed by atoms with van der Waals surface area (Å²) in [5.74, 6) is -0.951. The van der Waals surface area contributed by atoms with Gasteiger partial charge >= 0.3 is 5.97 Å². The van der Waals surface area contributed by atoms with Crippen molar-refractivity contribution in [2.45, 2.75) is 6.42 Å². The third kappa shape index (κ3) is 2.60. The first-order valence-corrected chi connectivity index (χ1v) is 8.05. The number of furan rings is 1. The predicted molar refractivity (Wildman–Crippen MR) is 99.9 cm³/mol. The molecule has 4 rings (SSSR count). The minimum atomic E-state index is -0.951. The highest BCUT2D eigenvalue weighted by atomic mass is 16.4. The number of allylic oxidation sites excluding steroid dienone is 1. The predicted octanol–water partition coefficient (Wildman–Crippen LogP) is 5.54. The topological polar surface area (TPSA) is 50.4 Å². The Bertz CT molecular complexity index is 1100. The number of carbonyl (C=O) groups is 1. The van der Waals surface area contributed by atoms with Crippen molar-refractivity contribution < 1.29 is 14.3 Å². The maximum atomic E-state index is 12.0. The molecule has 0 unspecified atom stereocenters. The number of carboxylic acids is 1. The third-order valence-electron chi connectivity index (χ3n) is 4.43. The van der Waals surface area contributed by atoms with E-state index in [-0.39, 0.29) is 0 Å². The third-order valence-corrected chi connectivity index (χ3v) is 4.43. The minimum absolute atomic E-state index is 0.291. The van der Waals surface area contributed by atoms with Gasteiger partial charge in [-0.3, -0.25) is 0 Å². The summed E-state index contributed by atoms with van der Waals surface area (Å²) in [6, 6.07) is 21.0. The zero-order chi connectivity index (χ0) is 17.4. The zero-order valence-electron chi connectivity index (χ0n) is 13.5. The van der Waals surface area contributed by atoms with E-state index >= 15 is 0 Å². The highest BCUT2D eigenvalue weighted by Gasteiger charge is 2.20. The van der Waals surface area contributed by atoms with Crippen LogP contribution in [0.15, 0.2) is 77.7 Å². The lowest BCUT2D eigenvalue weighted by Crippen LogP contribution is -2.04. The molecular weight excluding hydrogens is 312 g/mol. The standard InChI is InChI=1S/C22H16O3/c1-14(15-7-3-2-4-8-15)13-16-11-12-19-21(20(16)22(23)24)17-9-5-6-10-18(17)25-19/h2-12H,1,13H2,(H,23,24). The Kier molecular flexibility index (Phi) is 3.62. The molecule has 3 nitrogen and oxygen atoms in total. The van der Waals surface area contributed by atoms with Crippen LogP contribution in [-0.2, 0) is 6.42 Å². The van der Waals surface area contributed by atoms with Crippen LogP contribution in [0.5, 0.6) is 0 Å². The van der Waals surface area contributed by atoms with Crippen LogP contribution in [0.1, 0.15) is 21.5 Å². The van der Waals surface area contributed by atoms with Crippen LogP contribution in [-0.4, -0.2) is 11.1 Å². The van der Waals surface area contributed by atoms with Crippen molar-refractivity contribution in [3.05, 3.63) is 90.0 Å². The van der Waals surface area contributed by atoms with E-state index in [1.807, 2.05) is 66.7 Å².